The molecule has 3 aliphatic heterocycles. The number of esters is 1. The SMILES string of the molecule is CC[C@H]1OC(=O)[C@H](C)[C@@H](O[C@H]2C[C@@](C)(OC)[C@](O)(CNCCNC(=O)[C@H]3[C@H](C)CC4C5CCC6=CC(=O)C=C[C@]6(C)[C@@]5(F)[C@@H](O)C[C@@]43C)[C@H](C)O2)[C@H](C)[C@@H](O[C@@H]2O[C@H](C)C[C@H](N(C)C)[C@H]2O)[C@](C)(OC)C[C@@H](C)C(=O)N[C@H](C)[C@@H](O)[C@]1(C)O. The molecule has 8 N–H and O–H groups in total. The predicted molar refractivity (Wildman–Crippen MR) is 306 cm³/mol. The molecule has 3 heterocycles. The molecule has 0 bridgehead atoms. The maximum atomic E-state index is 17.8. The molecule has 0 aromatic carbocycles. The summed E-state index contributed by atoms with van der Waals surface area (Å²) in [4.78, 5) is 57.3. The van der Waals surface area contributed by atoms with E-state index in [1.165, 1.54) is 33.3 Å². The second-order valence-corrected chi connectivity index (χ2v) is 27.6. The molecule has 26 atom stereocenters. The summed E-state index contributed by atoms with van der Waals surface area (Å²) < 4.78 is 63.4. The predicted octanol–water partition coefficient (Wildman–Crippen LogP) is 4.05. The smallest absolute Gasteiger partial charge is 0.311 e. The number of methoxy groups -OCH3 is 2. The topological polar surface area (TPSA) is 273 Å². The van der Waals surface area contributed by atoms with Gasteiger partial charge in [0.05, 0.1) is 48.1 Å². The second-order valence-electron chi connectivity index (χ2n) is 27.6. The van der Waals surface area contributed by atoms with E-state index in [2.05, 4.69) is 16.0 Å². The minimum Gasteiger partial charge on any atom is -0.459 e. The third-order valence-corrected chi connectivity index (χ3v) is 21.9. The first-order valence-electron chi connectivity index (χ1n) is 30.6. The van der Waals surface area contributed by atoms with Crippen LogP contribution in [0.1, 0.15) is 141 Å². The maximum absolute atomic E-state index is 17.8. The van der Waals surface area contributed by atoms with E-state index in [1.54, 1.807) is 61.5 Å². The van der Waals surface area contributed by atoms with Crippen LogP contribution in [-0.4, -0.2) is 204 Å². The van der Waals surface area contributed by atoms with Crippen molar-refractivity contribution in [3.8, 4) is 0 Å². The number of nitrogens with zero attached hydrogens (tertiary/aromatic N) is 1. The van der Waals surface area contributed by atoms with Gasteiger partial charge < -0.3 is 79.5 Å². The summed E-state index contributed by atoms with van der Waals surface area (Å²) in [5.74, 6) is -5.58. The van der Waals surface area contributed by atoms with Gasteiger partial charge >= 0.3 is 5.97 Å². The molecule has 3 saturated heterocycles. The van der Waals surface area contributed by atoms with Gasteiger partial charge in [-0.25, -0.2) is 4.39 Å². The zero-order chi connectivity index (χ0) is 61.9. The van der Waals surface area contributed by atoms with E-state index in [0.717, 1.165) is 0 Å². The normalized spacial score (nSPS) is 49.1. The number of ether oxygens (including phenoxy) is 7. The Morgan fingerprint density at radius 1 is 0.892 bits per heavy atom. The number of carbonyl (C=O) groups excluding carboxylic acids is 4. The lowest BCUT2D eigenvalue weighted by molar-refractivity contribution is -0.336. The van der Waals surface area contributed by atoms with Gasteiger partial charge in [0.15, 0.2) is 24.0 Å². The van der Waals surface area contributed by atoms with Crippen LogP contribution in [0.3, 0.4) is 0 Å². The number of cyclic esters (lactones) is 1. The highest BCUT2D eigenvalue weighted by atomic mass is 19.1. The number of hydrogen-bond donors (Lipinski definition) is 8. The van der Waals surface area contributed by atoms with Crippen LogP contribution in [0.25, 0.3) is 0 Å². The number of hydrogen-bond acceptors (Lipinski definition) is 18. The van der Waals surface area contributed by atoms with Crippen LogP contribution in [0.15, 0.2) is 23.8 Å². The van der Waals surface area contributed by atoms with Gasteiger partial charge in [0.25, 0.3) is 0 Å². The number of likely N-dealkylation sites (N-methyl/N-ethyl adjacent to an activating group) is 1. The van der Waals surface area contributed by atoms with Crippen LogP contribution >= 0.6 is 0 Å². The van der Waals surface area contributed by atoms with Crippen molar-refractivity contribution in [2.24, 2.45) is 52.3 Å². The summed E-state index contributed by atoms with van der Waals surface area (Å²) in [6, 6.07) is -1.33. The highest BCUT2D eigenvalue weighted by Gasteiger charge is 2.72. The molecule has 6 fully saturated rings. The lowest BCUT2D eigenvalue weighted by Gasteiger charge is -2.61. The summed E-state index contributed by atoms with van der Waals surface area (Å²) in [6.07, 6.45) is -4.24. The van der Waals surface area contributed by atoms with Crippen LogP contribution in [0, 0.1) is 52.3 Å². The molecule has 2 amide bonds. The number of halogens is 1. The summed E-state index contributed by atoms with van der Waals surface area (Å²) in [5, 5.41) is 69.1. The molecular weight excluding hydrogens is 1080 g/mol. The molecular formula is C62H103FN4O16. The molecule has 20 nitrogen and oxygen atoms in total. The molecule has 21 heteroatoms. The van der Waals surface area contributed by atoms with Crippen LogP contribution in [-0.2, 0) is 52.3 Å². The fourth-order valence-corrected chi connectivity index (χ4v) is 16.6. The Labute approximate surface area is 492 Å². The van der Waals surface area contributed by atoms with Crippen molar-refractivity contribution in [3.05, 3.63) is 23.8 Å². The first-order chi connectivity index (χ1) is 38.5. The number of nitrogens with one attached hydrogen (secondary N) is 3. The van der Waals surface area contributed by atoms with Crippen LogP contribution in [0.2, 0.25) is 0 Å². The second kappa shape index (κ2) is 25.2. The average molecular weight is 1180 g/mol. The van der Waals surface area contributed by atoms with Gasteiger partial charge in [-0.15, -0.1) is 0 Å². The lowest BCUT2D eigenvalue weighted by Crippen LogP contribution is -2.70. The number of rotatable bonds is 14. The zero-order valence-corrected chi connectivity index (χ0v) is 52.5. The largest absolute Gasteiger partial charge is 0.459 e. The molecule has 83 heavy (non-hydrogen) atoms. The number of fused-ring (bicyclic) bond motifs is 5. The molecule has 7 rings (SSSR count). The van der Waals surface area contributed by atoms with Crippen molar-refractivity contribution < 1.29 is 82.3 Å². The fraction of sp³-hybridized carbons (Fsp3) is 0.871. The number of alkyl halides is 1. The molecule has 0 spiro atoms. The molecule has 0 radical (unpaired) electrons. The number of ketones is 1. The van der Waals surface area contributed by atoms with E-state index in [-0.39, 0.29) is 81.0 Å². The quantitative estimate of drug-likeness (QED) is 0.0900. The Morgan fingerprint density at radius 3 is 2.19 bits per heavy atom. The Bertz CT molecular complexity index is 2400. The average Bonchev–Trinajstić information content (AvgIpc) is 1.75. The number of allylic oxidation sites excluding steroid dienone is 4. The first kappa shape index (κ1) is 67.5. The van der Waals surface area contributed by atoms with Crippen molar-refractivity contribution in [2.45, 2.75) is 243 Å². The van der Waals surface area contributed by atoms with E-state index in [4.69, 9.17) is 33.2 Å². The molecule has 474 valence electrons. The van der Waals surface area contributed by atoms with Gasteiger partial charge in [-0.2, -0.15) is 0 Å². The number of carbonyl (C=O) groups is 4. The van der Waals surface area contributed by atoms with Crippen molar-refractivity contribution in [2.75, 3.05) is 47.9 Å². The zero-order valence-electron chi connectivity index (χ0n) is 52.5. The molecule has 4 aliphatic carbocycles. The van der Waals surface area contributed by atoms with Crippen molar-refractivity contribution in [3.63, 3.8) is 0 Å². The minimum atomic E-state index is -2.02. The molecule has 0 aromatic heterocycles. The Hall–Kier alpha value is -3.03. The number of amides is 2. The van der Waals surface area contributed by atoms with E-state index in [1.807, 2.05) is 46.7 Å². The van der Waals surface area contributed by atoms with E-state index < -0.39 is 142 Å². The van der Waals surface area contributed by atoms with Gasteiger partial charge in [-0.1, -0.05) is 46.3 Å². The van der Waals surface area contributed by atoms with Gasteiger partial charge in [0.2, 0.25) is 11.8 Å². The van der Waals surface area contributed by atoms with Crippen LogP contribution in [0.5, 0.6) is 0 Å². The van der Waals surface area contributed by atoms with E-state index in [9.17, 15) is 44.7 Å². The molecule has 2 unspecified atom stereocenters. The molecule has 3 saturated carbocycles. The summed E-state index contributed by atoms with van der Waals surface area (Å²) in [7, 11) is 6.69. The van der Waals surface area contributed by atoms with Gasteiger partial charge in [-0.05, 0) is 144 Å². The number of aliphatic hydroxyl groups excluding tert-OH is 3. The van der Waals surface area contributed by atoms with Crippen molar-refractivity contribution >= 4 is 23.6 Å². The van der Waals surface area contributed by atoms with E-state index >= 15 is 4.39 Å². The standard InChI is InChI=1S/C62H103FN4O16/c1-18-45-60(13,75)50(71)37(7)66-52(72)33(3)28-58(11,77-16)51(83-55-48(70)43(67(14)15)26-34(4)79-55)35(5)49(36(6)54(74)81-45)82-46-30-59(12,78-17)61(76,38(8)80-46)31-64-23-24-65-53(73)47-32(2)25-42-41-20-19-39-27-40(68)21-22-57(39,10)62(41,63)44(69)29-56(42,47)9/h21-22,27,32-38,41-51,55,64,69-71,75-76H,18-20,23-26,28-31H2,1-17H3,(H,65,73)(H,66,72)/t32-,33-,34-,35+,36-,37-,38+,41?,42?,43+,44+,45-,46+,47-,48-,49+,50-,51-,55+,56+,57+,58-,59-,60-,61+,62+/m1/s1. The fourth-order valence-electron chi connectivity index (χ4n) is 16.6. The first-order valence-corrected chi connectivity index (χ1v) is 30.6. The summed E-state index contributed by atoms with van der Waals surface area (Å²) >= 11 is 0. The maximum Gasteiger partial charge on any atom is 0.311 e. The summed E-state index contributed by atoms with van der Waals surface area (Å²) in [5.41, 5.74) is -9.51. The minimum absolute atomic E-state index is 0.0395. The van der Waals surface area contributed by atoms with Gasteiger partial charge in [-0.3, -0.25) is 19.2 Å². The van der Waals surface area contributed by atoms with E-state index in [0.29, 0.717) is 31.3 Å². The molecule has 7 aliphatic rings. The van der Waals surface area contributed by atoms with Crippen LogP contribution < -0.4 is 16.0 Å². The van der Waals surface area contributed by atoms with Gasteiger partial charge in [0, 0.05) is 75.4 Å². The highest BCUT2D eigenvalue weighted by Crippen LogP contribution is 2.70. The lowest BCUT2D eigenvalue weighted by atomic mass is 9.45. The highest BCUT2D eigenvalue weighted by molar-refractivity contribution is 6.01. The summed E-state index contributed by atoms with van der Waals surface area (Å²) in [6.45, 7) is 23.1. The van der Waals surface area contributed by atoms with Crippen LogP contribution in [0.4, 0.5) is 4.39 Å². The third kappa shape index (κ3) is 12.2. The Balaban J connectivity index is 1.10. The van der Waals surface area contributed by atoms with Crippen molar-refractivity contribution in [1.29, 1.82) is 0 Å². The number of aliphatic hydroxyl groups is 5. The van der Waals surface area contributed by atoms with Gasteiger partial charge in [0.1, 0.15) is 35.1 Å². The molecule has 0 aromatic rings. The monoisotopic (exact) mass is 1180 g/mol. The third-order valence-electron chi connectivity index (χ3n) is 21.9. The Kier molecular flexibility index (Phi) is 20.5. The van der Waals surface area contributed by atoms with Crippen molar-refractivity contribution in [1.82, 2.24) is 20.9 Å². The Morgan fingerprint density at radius 2 is 1.57 bits per heavy atom.